The third-order valence-electron chi connectivity index (χ3n) is 6.74. The number of amides is 1. The number of rotatable bonds is 5. The van der Waals surface area contributed by atoms with Crippen molar-refractivity contribution in [1.29, 1.82) is 0 Å². The summed E-state index contributed by atoms with van der Waals surface area (Å²) in [5, 5.41) is 3.20. The van der Waals surface area contributed by atoms with Gasteiger partial charge in [-0.05, 0) is 49.6 Å². The summed E-state index contributed by atoms with van der Waals surface area (Å²) in [6.07, 6.45) is -0.366. The van der Waals surface area contributed by atoms with Crippen molar-refractivity contribution in [2.45, 2.75) is 50.8 Å². The zero-order valence-electron chi connectivity index (χ0n) is 20.8. The summed E-state index contributed by atoms with van der Waals surface area (Å²) >= 11 is 0. The van der Waals surface area contributed by atoms with Crippen molar-refractivity contribution >= 4 is 34.8 Å². The molecule has 2 saturated heterocycles. The van der Waals surface area contributed by atoms with Gasteiger partial charge in [0.1, 0.15) is 23.5 Å². The summed E-state index contributed by atoms with van der Waals surface area (Å²) in [5.41, 5.74) is 1.09. The van der Waals surface area contributed by atoms with Crippen molar-refractivity contribution in [3.8, 4) is 0 Å². The summed E-state index contributed by atoms with van der Waals surface area (Å²) in [5.74, 6) is -0.455. The number of ether oxygens (including phenoxy) is 4. The quantitative estimate of drug-likeness (QED) is 0.306. The van der Waals surface area contributed by atoms with E-state index in [1.807, 2.05) is 50.2 Å². The lowest BCUT2D eigenvalue weighted by Crippen LogP contribution is -2.58. The zero-order valence-corrected chi connectivity index (χ0v) is 20.8. The van der Waals surface area contributed by atoms with Crippen LogP contribution >= 0.6 is 0 Å². The molecule has 0 unspecified atom stereocenters. The topological polar surface area (TPSA) is 113 Å². The molecule has 4 atom stereocenters. The van der Waals surface area contributed by atoms with Gasteiger partial charge in [0.2, 0.25) is 5.91 Å². The molecule has 9 nitrogen and oxygen atoms in total. The predicted octanol–water partition coefficient (Wildman–Crippen LogP) is 4.52. The first-order valence-electron chi connectivity index (χ1n) is 11.9. The van der Waals surface area contributed by atoms with E-state index in [2.05, 4.69) is 5.32 Å². The molecule has 0 spiro atoms. The van der Waals surface area contributed by atoms with Gasteiger partial charge in [0, 0.05) is 18.6 Å². The van der Waals surface area contributed by atoms with Gasteiger partial charge in [-0.15, -0.1) is 0 Å². The summed E-state index contributed by atoms with van der Waals surface area (Å²) in [7, 11) is 1.53. The third kappa shape index (κ3) is 4.63. The van der Waals surface area contributed by atoms with E-state index in [1.54, 1.807) is 25.1 Å². The van der Waals surface area contributed by atoms with Crippen LogP contribution < -0.4 is 10.9 Å². The van der Waals surface area contributed by atoms with E-state index < -0.39 is 47.7 Å². The fourth-order valence-corrected chi connectivity index (χ4v) is 5.01. The molecule has 1 N–H and O–H groups in total. The van der Waals surface area contributed by atoms with Crippen LogP contribution in [0.25, 0.3) is 17.0 Å². The molecule has 2 aliphatic heterocycles. The van der Waals surface area contributed by atoms with E-state index >= 15 is 0 Å². The van der Waals surface area contributed by atoms with Crippen molar-refractivity contribution in [2.75, 3.05) is 12.4 Å². The minimum Gasteiger partial charge on any atom is -0.424 e. The number of nitrogens with one attached hydrogen (secondary N) is 1. The van der Waals surface area contributed by atoms with Crippen molar-refractivity contribution < 1.29 is 33.0 Å². The van der Waals surface area contributed by atoms with Gasteiger partial charge in [-0.3, -0.25) is 4.79 Å². The first kappa shape index (κ1) is 24.7. The van der Waals surface area contributed by atoms with Crippen LogP contribution in [0.3, 0.4) is 0 Å². The average molecular weight is 506 g/mol. The molecule has 0 aliphatic carbocycles. The second-order valence-corrected chi connectivity index (χ2v) is 9.59. The van der Waals surface area contributed by atoms with Crippen LogP contribution in [0, 0.1) is 6.92 Å². The highest BCUT2D eigenvalue weighted by molar-refractivity contribution is 6.02. The van der Waals surface area contributed by atoms with Crippen molar-refractivity contribution in [1.82, 2.24) is 0 Å². The highest BCUT2D eigenvalue weighted by Gasteiger charge is 2.58. The fraction of sp³-hybridized carbons (Fsp3) is 0.321. The minimum absolute atomic E-state index is 0.0264. The monoisotopic (exact) mass is 505 g/mol. The highest BCUT2D eigenvalue weighted by Crippen LogP contribution is 2.45. The van der Waals surface area contributed by atoms with Gasteiger partial charge in [0.05, 0.1) is 5.60 Å². The summed E-state index contributed by atoms with van der Waals surface area (Å²) in [6.45, 7) is 5.51. The van der Waals surface area contributed by atoms with E-state index in [1.165, 1.54) is 13.2 Å². The molecule has 1 aromatic heterocycles. The second-order valence-electron chi connectivity index (χ2n) is 9.59. The Morgan fingerprint density at radius 2 is 1.78 bits per heavy atom. The zero-order chi connectivity index (χ0) is 26.3. The van der Waals surface area contributed by atoms with Gasteiger partial charge in [-0.25, -0.2) is 9.59 Å². The number of hydrogen-bond donors (Lipinski definition) is 1. The lowest BCUT2D eigenvalue weighted by atomic mass is 9.84. The Morgan fingerprint density at radius 3 is 2.51 bits per heavy atom. The molecule has 0 radical (unpaired) electrons. The second kappa shape index (κ2) is 9.49. The minimum atomic E-state index is -0.793. The van der Waals surface area contributed by atoms with E-state index in [0.29, 0.717) is 22.1 Å². The molecule has 2 fully saturated rings. The van der Waals surface area contributed by atoms with Crippen LogP contribution in [0.2, 0.25) is 0 Å². The molecule has 0 saturated carbocycles. The number of carbonyl (C=O) groups is 2. The van der Waals surface area contributed by atoms with Crippen molar-refractivity contribution in [3.05, 3.63) is 81.7 Å². The molecule has 2 aliphatic rings. The molecule has 2 aromatic carbocycles. The summed E-state index contributed by atoms with van der Waals surface area (Å²) in [6, 6.07) is 14.5. The van der Waals surface area contributed by atoms with Crippen molar-refractivity contribution in [3.63, 3.8) is 0 Å². The largest absolute Gasteiger partial charge is 0.509 e. The van der Waals surface area contributed by atoms with Gasteiger partial charge in [-0.2, -0.15) is 0 Å². The van der Waals surface area contributed by atoms with E-state index in [4.69, 9.17) is 23.4 Å². The molecule has 9 heteroatoms. The molecule has 3 aromatic rings. The molecule has 37 heavy (non-hydrogen) atoms. The molecular weight excluding hydrogens is 478 g/mol. The maximum Gasteiger partial charge on any atom is 0.509 e. The van der Waals surface area contributed by atoms with Crippen LogP contribution in [0.1, 0.15) is 36.6 Å². The van der Waals surface area contributed by atoms with Gasteiger partial charge >= 0.3 is 11.8 Å². The van der Waals surface area contributed by atoms with Crippen LogP contribution in [0.4, 0.5) is 10.5 Å². The Morgan fingerprint density at radius 1 is 1.05 bits per heavy atom. The Hall–Kier alpha value is -3.95. The maximum absolute atomic E-state index is 12.8. The smallest absolute Gasteiger partial charge is 0.424 e. The maximum atomic E-state index is 12.8. The fourth-order valence-electron chi connectivity index (χ4n) is 5.01. The molecule has 0 bridgehead atoms. The Bertz CT molecular complexity index is 1440. The van der Waals surface area contributed by atoms with Gasteiger partial charge in [-0.1, -0.05) is 42.5 Å². The van der Waals surface area contributed by atoms with Crippen LogP contribution in [0.5, 0.6) is 0 Å². The van der Waals surface area contributed by atoms with Crippen LogP contribution in [-0.4, -0.2) is 43.1 Å². The molecule has 3 heterocycles. The molecule has 5 rings (SSSR count). The van der Waals surface area contributed by atoms with Crippen LogP contribution in [0.15, 0.2) is 63.8 Å². The number of methoxy groups -OCH3 is 1. The predicted molar refractivity (Wildman–Crippen MR) is 135 cm³/mol. The Labute approximate surface area is 213 Å². The Kier molecular flexibility index (Phi) is 6.35. The van der Waals surface area contributed by atoms with Gasteiger partial charge in [0.15, 0.2) is 12.2 Å². The summed E-state index contributed by atoms with van der Waals surface area (Å²) < 4.78 is 28.4. The normalized spacial score (nSPS) is 24.5. The number of benzene rings is 2. The van der Waals surface area contributed by atoms with Crippen LogP contribution in [-0.2, 0) is 23.7 Å². The summed E-state index contributed by atoms with van der Waals surface area (Å²) in [4.78, 5) is 37.1. The van der Waals surface area contributed by atoms with Gasteiger partial charge in [0.25, 0.3) is 0 Å². The van der Waals surface area contributed by atoms with Crippen molar-refractivity contribution in [2.24, 2.45) is 0 Å². The Balaban J connectivity index is 1.45. The number of aryl methyl sites for hydroxylation is 1. The van der Waals surface area contributed by atoms with E-state index in [9.17, 15) is 14.4 Å². The first-order valence-corrected chi connectivity index (χ1v) is 11.9. The SMILES string of the molecule is CO[C@@H]1[C@H]2OC(=O)O[C@H]2[C@H](c2ccc3cc(NC(=O)/C=C/c4ccccc4)c(=O)oc3c2C)OC1(C)C. The van der Waals surface area contributed by atoms with Gasteiger partial charge < -0.3 is 28.7 Å². The molecule has 192 valence electrons. The average Bonchev–Trinajstić information content (AvgIpc) is 3.25. The number of fused-ring (bicyclic) bond motifs is 2. The lowest BCUT2D eigenvalue weighted by molar-refractivity contribution is -0.237. The molecule has 1 amide bonds. The molecular formula is C28H27NO8. The number of hydrogen-bond acceptors (Lipinski definition) is 8. The van der Waals surface area contributed by atoms with E-state index in [-0.39, 0.29) is 5.69 Å². The number of carbonyl (C=O) groups excluding carboxylic acids is 2. The van der Waals surface area contributed by atoms with E-state index in [0.717, 1.165) is 5.56 Å². The number of anilines is 1. The standard InChI is InChI=1S/C28H27NO8/c1-15-18(22-23-24(36-27(32)35-23)25(33-4)28(2,3)37-22)12-11-17-14-19(26(31)34-21(15)17)29-20(30)13-10-16-8-6-5-7-9-16/h5-14,22-25H,1-4H3,(H,29,30)/b13-10+/t22-,23-,24-,25+/m0/s1. The highest BCUT2D eigenvalue weighted by atomic mass is 16.8. The first-order chi connectivity index (χ1) is 17.7. The third-order valence-corrected chi connectivity index (χ3v) is 6.74. The lowest BCUT2D eigenvalue weighted by Gasteiger charge is -2.46.